The molecule has 1 aliphatic rings. The number of nitro groups is 1. The molecule has 2 aromatic rings. The van der Waals surface area contributed by atoms with Crippen LogP contribution in [0.4, 0.5) is 16.4 Å². The quantitative estimate of drug-likeness (QED) is 0.243. The Kier molecular flexibility index (Phi) is 6.32. The minimum Gasteiger partial charge on any atom is -0.449 e. The van der Waals surface area contributed by atoms with E-state index in [4.69, 9.17) is 10.5 Å². The van der Waals surface area contributed by atoms with E-state index in [1.54, 1.807) is 0 Å². The van der Waals surface area contributed by atoms with Crippen molar-refractivity contribution in [2.75, 3.05) is 11.1 Å². The third-order valence-electron chi connectivity index (χ3n) is 4.89. The highest BCUT2D eigenvalue weighted by atomic mass is 32.1. The standard InChI is InChI=1S/C20H20N4O5S/c1-11(29-20(26)14-8-7-12(24(27)28)9-16(14)22)18(25)23-19-15(10-21)13-5-3-2-4-6-17(13)30-19/h7-9,11H,2-6,22H2,1H3,(H,23,25). The predicted molar refractivity (Wildman–Crippen MR) is 111 cm³/mol. The lowest BCUT2D eigenvalue weighted by molar-refractivity contribution is -0.384. The number of hydrogen-bond acceptors (Lipinski definition) is 8. The van der Waals surface area contributed by atoms with E-state index in [0.717, 1.165) is 54.7 Å². The molecule has 0 radical (unpaired) electrons. The molecule has 9 nitrogen and oxygen atoms in total. The summed E-state index contributed by atoms with van der Waals surface area (Å²) in [5.74, 6) is -1.44. The van der Waals surface area contributed by atoms with Crippen molar-refractivity contribution in [3.63, 3.8) is 0 Å². The van der Waals surface area contributed by atoms with Crippen LogP contribution in [0.2, 0.25) is 0 Å². The zero-order chi connectivity index (χ0) is 21.8. The van der Waals surface area contributed by atoms with Gasteiger partial charge < -0.3 is 15.8 Å². The van der Waals surface area contributed by atoms with Crippen molar-refractivity contribution in [3.8, 4) is 6.07 Å². The molecule has 0 saturated carbocycles. The van der Waals surface area contributed by atoms with Gasteiger partial charge in [-0.2, -0.15) is 5.26 Å². The maximum atomic E-state index is 12.5. The number of nitrogens with one attached hydrogen (secondary N) is 1. The summed E-state index contributed by atoms with van der Waals surface area (Å²) in [5.41, 5.74) is 6.74. The highest BCUT2D eigenvalue weighted by Crippen LogP contribution is 2.37. The highest BCUT2D eigenvalue weighted by Gasteiger charge is 2.25. The van der Waals surface area contributed by atoms with Crippen LogP contribution in [0.5, 0.6) is 0 Å². The van der Waals surface area contributed by atoms with Crippen molar-refractivity contribution in [3.05, 3.63) is 49.9 Å². The second-order valence-corrected chi connectivity index (χ2v) is 8.05. The number of fused-ring (bicyclic) bond motifs is 1. The number of nitrogens with zero attached hydrogens (tertiary/aromatic N) is 2. The van der Waals surface area contributed by atoms with Gasteiger partial charge in [-0.05, 0) is 44.2 Å². The molecule has 0 spiro atoms. The van der Waals surface area contributed by atoms with E-state index in [2.05, 4.69) is 11.4 Å². The molecule has 1 aromatic carbocycles. The van der Waals surface area contributed by atoms with Crippen LogP contribution in [-0.2, 0) is 22.4 Å². The lowest BCUT2D eigenvalue weighted by Gasteiger charge is -2.14. The summed E-state index contributed by atoms with van der Waals surface area (Å²) in [6.07, 6.45) is 3.73. The van der Waals surface area contributed by atoms with Gasteiger partial charge in [-0.3, -0.25) is 14.9 Å². The number of carbonyl (C=O) groups is 2. The van der Waals surface area contributed by atoms with Crippen molar-refractivity contribution in [2.45, 2.75) is 45.1 Å². The molecule has 3 N–H and O–H groups in total. The monoisotopic (exact) mass is 428 g/mol. The zero-order valence-electron chi connectivity index (χ0n) is 16.3. The number of amides is 1. The van der Waals surface area contributed by atoms with Gasteiger partial charge in [0.05, 0.1) is 21.7 Å². The van der Waals surface area contributed by atoms with Crippen molar-refractivity contribution in [1.82, 2.24) is 0 Å². The molecule has 3 rings (SSSR count). The number of non-ortho nitro benzene ring substituents is 1. The first kappa shape index (κ1) is 21.3. The van der Waals surface area contributed by atoms with Gasteiger partial charge in [0, 0.05) is 17.0 Å². The third-order valence-corrected chi connectivity index (χ3v) is 6.10. The number of nitrogen functional groups attached to an aromatic ring is 1. The van der Waals surface area contributed by atoms with Crippen molar-refractivity contribution in [2.24, 2.45) is 0 Å². The van der Waals surface area contributed by atoms with E-state index >= 15 is 0 Å². The largest absolute Gasteiger partial charge is 0.449 e. The van der Waals surface area contributed by atoms with E-state index in [1.165, 1.54) is 24.3 Å². The molecule has 1 aliphatic carbocycles. The fourth-order valence-corrected chi connectivity index (χ4v) is 4.53. The van der Waals surface area contributed by atoms with Crippen LogP contribution in [0.15, 0.2) is 18.2 Å². The van der Waals surface area contributed by atoms with E-state index in [-0.39, 0.29) is 16.9 Å². The summed E-state index contributed by atoms with van der Waals surface area (Å²) in [7, 11) is 0. The van der Waals surface area contributed by atoms with Gasteiger partial charge in [-0.15, -0.1) is 11.3 Å². The maximum Gasteiger partial charge on any atom is 0.341 e. The number of nitriles is 1. The number of hydrogen-bond donors (Lipinski definition) is 2. The van der Waals surface area contributed by atoms with Crippen LogP contribution in [0.1, 0.15) is 52.5 Å². The van der Waals surface area contributed by atoms with Crippen LogP contribution in [0.3, 0.4) is 0 Å². The van der Waals surface area contributed by atoms with Gasteiger partial charge in [-0.25, -0.2) is 4.79 Å². The highest BCUT2D eigenvalue weighted by molar-refractivity contribution is 7.16. The molecule has 0 aliphatic heterocycles. The average Bonchev–Trinajstić information content (AvgIpc) is 2.86. The maximum absolute atomic E-state index is 12.5. The molecular formula is C20H20N4O5S. The van der Waals surface area contributed by atoms with Crippen LogP contribution >= 0.6 is 11.3 Å². The van der Waals surface area contributed by atoms with Gasteiger partial charge >= 0.3 is 5.97 Å². The third kappa shape index (κ3) is 4.41. The van der Waals surface area contributed by atoms with Gasteiger partial charge in [0.1, 0.15) is 11.1 Å². The Morgan fingerprint density at radius 2 is 2.07 bits per heavy atom. The van der Waals surface area contributed by atoms with E-state index < -0.39 is 22.9 Å². The molecule has 30 heavy (non-hydrogen) atoms. The molecular weight excluding hydrogens is 408 g/mol. The summed E-state index contributed by atoms with van der Waals surface area (Å²) in [6.45, 7) is 1.40. The topological polar surface area (TPSA) is 148 Å². The Labute approximate surface area is 176 Å². The lowest BCUT2D eigenvalue weighted by Crippen LogP contribution is -2.30. The number of nitro benzene ring substituents is 1. The Balaban J connectivity index is 1.70. The molecule has 0 bridgehead atoms. The smallest absolute Gasteiger partial charge is 0.341 e. The van der Waals surface area contributed by atoms with E-state index in [0.29, 0.717) is 10.6 Å². The SMILES string of the molecule is CC(OC(=O)c1ccc([N+](=O)[O-])cc1N)C(=O)Nc1sc2c(c1C#N)CCCCC2. The number of nitrogens with two attached hydrogens (primary N) is 1. The number of rotatable bonds is 5. The van der Waals surface area contributed by atoms with Gasteiger partial charge in [-0.1, -0.05) is 6.42 Å². The molecule has 0 saturated heterocycles. The number of ether oxygens (including phenoxy) is 1. The van der Waals surface area contributed by atoms with Crippen LogP contribution in [0.25, 0.3) is 0 Å². The summed E-state index contributed by atoms with van der Waals surface area (Å²) in [6, 6.07) is 5.56. The molecule has 1 aromatic heterocycles. The number of carbonyl (C=O) groups excluding carboxylic acids is 2. The fourth-order valence-electron chi connectivity index (χ4n) is 3.29. The number of esters is 1. The molecule has 1 amide bonds. The first-order valence-corrected chi connectivity index (χ1v) is 10.2. The van der Waals surface area contributed by atoms with E-state index in [1.807, 2.05) is 0 Å². The minimum absolute atomic E-state index is 0.0687. The molecule has 0 fully saturated rings. The number of thiophene rings is 1. The molecule has 1 unspecified atom stereocenters. The number of aryl methyl sites for hydroxylation is 1. The normalized spacial score (nSPS) is 14.0. The summed E-state index contributed by atoms with van der Waals surface area (Å²) >= 11 is 1.39. The Morgan fingerprint density at radius 1 is 1.33 bits per heavy atom. The van der Waals surface area contributed by atoms with Crippen molar-refractivity contribution < 1.29 is 19.2 Å². The second-order valence-electron chi connectivity index (χ2n) is 6.95. The molecule has 156 valence electrons. The minimum atomic E-state index is -1.15. The number of anilines is 2. The van der Waals surface area contributed by atoms with Crippen LogP contribution < -0.4 is 11.1 Å². The first-order valence-electron chi connectivity index (χ1n) is 9.42. The molecule has 1 atom stereocenters. The molecule has 1 heterocycles. The Bertz CT molecular complexity index is 1060. The summed E-state index contributed by atoms with van der Waals surface area (Å²) in [4.78, 5) is 36.1. The molecule has 10 heteroatoms. The van der Waals surface area contributed by atoms with Crippen molar-refractivity contribution >= 4 is 39.6 Å². The summed E-state index contributed by atoms with van der Waals surface area (Å²) < 4.78 is 5.17. The first-order chi connectivity index (χ1) is 14.3. The average molecular weight is 428 g/mol. The summed E-state index contributed by atoms with van der Waals surface area (Å²) in [5, 5.41) is 23.5. The predicted octanol–water partition coefficient (Wildman–Crippen LogP) is 3.56. The zero-order valence-corrected chi connectivity index (χ0v) is 17.1. The van der Waals surface area contributed by atoms with Crippen LogP contribution in [0, 0.1) is 21.4 Å². The second kappa shape index (κ2) is 8.92. The number of benzene rings is 1. The van der Waals surface area contributed by atoms with Gasteiger partial charge in [0.2, 0.25) is 0 Å². The van der Waals surface area contributed by atoms with Crippen molar-refractivity contribution in [1.29, 1.82) is 5.26 Å². The van der Waals surface area contributed by atoms with Crippen LogP contribution in [-0.4, -0.2) is 22.9 Å². The van der Waals surface area contributed by atoms with Gasteiger partial charge in [0.15, 0.2) is 6.10 Å². The fraction of sp³-hybridized carbons (Fsp3) is 0.350. The Morgan fingerprint density at radius 3 is 2.73 bits per heavy atom. The Hall–Kier alpha value is -3.45. The lowest BCUT2D eigenvalue weighted by atomic mass is 10.1. The van der Waals surface area contributed by atoms with E-state index in [9.17, 15) is 25.0 Å². The van der Waals surface area contributed by atoms with Gasteiger partial charge in [0.25, 0.3) is 11.6 Å².